The summed E-state index contributed by atoms with van der Waals surface area (Å²) in [4.78, 5) is 9.41. The summed E-state index contributed by atoms with van der Waals surface area (Å²) in [6.45, 7) is 11.0. The minimum atomic E-state index is 0.947. The Hall–Kier alpha value is -0.910. The van der Waals surface area contributed by atoms with E-state index in [0.29, 0.717) is 0 Å². The van der Waals surface area contributed by atoms with E-state index in [1.807, 2.05) is 12.4 Å². The Bertz CT molecular complexity index is 349. The standard InChI is InChI=1S/C13H25N5/c1-3-17-8-4-14-5-9-18(11-10-17)12-13-15-6-7-16(13)2/h6-7,14H,3-5,8-12H2,1-2H3. The van der Waals surface area contributed by atoms with E-state index in [1.54, 1.807) is 0 Å². The van der Waals surface area contributed by atoms with Gasteiger partial charge in [0.1, 0.15) is 5.82 Å². The minimum absolute atomic E-state index is 0.947. The highest BCUT2D eigenvalue weighted by Crippen LogP contribution is 2.02. The summed E-state index contributed by atoms with van der Waals surface area (Å²) in [6, 6.07) is 0. The van der Waals surface area contributed by atoms with Gasteiger partial charge in [0.2, 0.25) is 0 Å². The highest BCUT2D eigenvalue weighted by Gasteiger charge is 2.12. The van der Waals surface area contributed by atoms with Crippen molar-refractivity contribution in [2.75, 3.05) is 45.8 Å². The third-order valence-corrected chi connectivity index (χ3v) is 3.68. The molecule has 0 amide bonds. The van der Waals surface area contributed by atoms with Crippen LogP contribution in [-0.4, -0.2) is 65.2 Å². The van der Waals surface area contributed by atoms with E-state index >= 15 is 0 Å². The normalized spacial score (nSPS) is 20.3. The van der Waals surface area contributed by atoms with Crippen LogP contribution < -0.4 is 5.32 Å². The number of aryl methyl sites for hydroxylation is 1. The third kappa shape index (κ3) is 3.80. The fourth-order valence-corrected chi connectivity index (χ4v) is 2.33. The highest BCUT2D eigenvalue weighted by atomic mass is 15.2. The van der Waals surface area contributed by atoms with E-state index in [9.17, 15) is 0 Å². The summed E-state index contributed by atoms with van der Waals surface area (Å²) in [5, 5.41) is 3.51. The zero-order chi connectivity index (χ0) is 12.8. The molecule has 1 aromatic heterocycles. The van der Waals surface area contributed by atoms with Gasteiger partial charge in [0.25, 0.3) is 0 Å². The molecule has 1 N–H and O–H groups in total. The predicted octanol–water partition coefficient (Wildman–Crippen LogP) is 0.147. The molecule has 5 nitrogen and oxygen atoms in total. The zero-order valence-corrected chi connectivity index (χ0v) is 11.6. The van der Waals surface area contributed by atoms with Gasteiger partial charge in [-0.25, -0.2) is 4.98 Å². The minimum Gasteiger partial charge on any atom is -0.337 e. The smallest absolute Gasteiger partial charge is 0.122 e. The van der Waals surface area contributed by atoms with Gasteiger partial charge in [-0.15, -0.1) is 0 Å². The van der Waals surface area contributed by atoms with E-state index in [-0.39, 0.29) is 0 Å². The lowest BCUT2D eigenvalue weighted by Gasteiger charge is -2.24. The average molecular weight is 251 g/mol. The van der Waals surface area contributed by atoms with Gasteiger partial charge in [0, 0.05) is 58.7 Å². The number of rotatable bonds is 3. The largest absolute Gasteiger partial charge is 0.337 e. The molecule has 1 aliphatic rings. The van der Waals surface area contributed by atoms with Crippen LogP contribution in [0.4, 0.5) is 0 Å². The van der Waals surface area contributed by atoms with Gasteiger partial charge in [-0.1, -0.05) is 6.92 Å². The molecule has 0 atom stereocenters. The maximum absolute atomic E-state index is 4.41. The third-order valence-electron chi connectivity index (χ3n) is 3.68. The molecule has 0 aromatic carbocycles. The van der Waals surface area contributed by atoms with Crippen molar-refractivity contribution in [3.8, 4) is 0 Å². The zero-order valence-electron chi connectivity index (χ0n) is 11.6. The van der Waals surface area contributed by atoms with Crippen molar-refractivity contribution in [2.24, 2.45) is 7.05 Å². The molecule has 0 spiro atoms. The first-order chi connectivity index (χ1) is 8.79. The van der Waals surface area contributed by atoms with Crippen molar-refractivity contribution in [3.05, 3.63) is 18.2 Å². The molecule has 0 radical (unpaired) electrons. The summed E-state index contributed by atoms with van der Waals surface area (Å²) < 4.78 is 2.11. The second-order valence-corrected chi connectivity index (χ2v) is 4.91. The SMILES string of the molecule is CCN1CCNCCN(Cc2nccn2C)CC1. The first kappa shape index (κ1) is 13.5. The lowest BCUT2D eigenvalue weighted by Crippen LogP contribution is -2.36. The van der Waals surface area contributed by atoms with Gasteiger partial charge in [-0.3, -0.25) is 4.90 Å². The number of nitrogens with zero attached hydrogens (tertiary/aromatic N) is 4. The number of imidazole rings is 1. The molecule has 1 aromatic rings. The molecule has 0 bridgehead atoms. The Balaban J connectivity index is 1.91. The Morgan fingerprint density at radius 2 is 1.89 bits per heavy atom. The predicted molar refractivity (Wildman–Crippen MR) is 73.5 cm³/mol. The summed E-state index contributed by atoms with van der Waals surface area (Å²) in [7, 11) is 2.06. The van der Waals surface area contributed by atoms with E-state index < -0.39 is 0 Å². The monoisotopic (exact) mass is 251 g/mol. The highest BCUT2D eigenvalue weighted by molar-refractivity contribution is 4.91. The summed E-state index contributed by atoms with van der Waals surface area (Å²) in [5.74, 6) is 1.15. The van der Waals surface area contributed by atoms with Crippen LogP contribution >= 0.6 is 0 Å². The fraction of sp³-hybridized carbons (Fsp3) is 0.769. The second kappa shape index (κ2) is 6.87. The first-order valence-corrected chi connectivity index (χ1v) is 6.91. The van der Waals surface area contributed by atoms with Gasteiger partial charge >= 0.3 is 0 Å². The molecule has 5 heteroatoms. The summed E-state index contributed by atoms with van der Waals surface area (Å²) in [6.07, 6.45) is 3.89. The number of aromatic nitrogens is 2. The van der Waals surface area contributed by atoms with Gasteiger partial charge in [-0.05, 0) is 6.54 Å². The van der Waals surface area contributed by atoms with E-state index in [1.165, 1.54) is 0 Å². The maximum atomic E-state index is 4.41. The molecular formula is C13H25N5. The molecule has 1 fully saturated rings. The number of hydrogen-bond donors (Lipinski definition) is 1. The van der Waals surface area contributed by atoms with Crippen LogP contribution in [0, 0.1) is 0 Å². The van der Waals surface area contributed by atoms with Crippen LogP contribution in [0.2, 0.25) is 0 Å². The van der Waals surface area contributed by atoms with Crippen molar-refractivity contribution in [2.45, 2.75) is 13.5 Å². The van der Waals surface area contributed by atoms with Crippen molar-refractivity contribution in [3.63, 3.8) is 0 Å². The molecule has 1 aliphatic heterocycles. The molecule has 0 unspecified atom stereocenters. The van der Waals surface area contributed by atoms with Crippen molar-refractivity contribution in [1.29, 1.82) is 0 Å². The van der Waals surface area contributed by atoms with Gasteiger partial charge in [0.15, 0.2) is 0 Å². The van der Waals surface area contributed by atoms with Gasteiger partial charge in [0.05, 0.1) is 6.54 Å². The molecule has 1 saturated heterocycles. The molecular weight excluding hydrogens is 226 g/mol. The fourth-order valence-electron chi connectivity index (χ4n) is 2.33. The van der Waals surface area contributed by atoms with Gasteiger partial charge in [-0.2, -0.15) is 0 Å². The van der Waals surface area contributed by atoms with E-state index in [2.05, 4.69) is 38.6 Å². The van der Waals surface area contributed by atoms with E-state index in [4.69, 9.17) is 0 Å². The maximum Gasteiger partial charge on any atom is 0.122 e. The topological polar surface area (TPSA) is 36.3 Å². The first-order valence-electron chi connectivity index (χ1n) is 6.91. The van der Waals surface area contributed by atoms with Crippen molar-refractivity contribution < 1.29 is 0 Å². The molecule has 18 heavy (non-hydrogen) atoms. The van der Waals surface area contributed by atoms with Crippen LogP contribution in [0.1, 0.15) is 12.7 Å². The number of hydrogen-bond acceptors (Lipinski definition) is 4. The Morgan fingerprint density at radius 1 is 1.17 bits per heavy atom. The Labute approximate surface area is 110 Å². The Kier molecular flexibility index (Phi) is 5.16. The summed E-state index contributed by atoms with van der Waals surface area (Å²) >= 11 is 0. The number of likely N-dealkylation sites (N-methyl/N-ethyl adjacent to an activating group) is 1. The average Bonchev–Trinajstić information content (AvgIpc) is 2.81. The molecule has 102 valence electrons. The Morgan fingerprint density at radius 3 is 2.56 bits per heavy atom. The van der Waals surface area contributed by atoms with Crippen LogP contribution in [-0.2, 0) is 13.6 Å². The lowest BCUT2D eigenvalue weighted by atomic mass is 10.4. The lowest BCUT2D eigenvalue weighted by molar-refractivity contribution is 0.215. The van der Waals surface area contributed by atoms with Gasteiger partial charge < -0.3 is 14.8 Å². The number of nitrogens with one attached hydrogen (secondary N) is 1. The quantitative estimate of drug-likeness (QED) is 0.829. The molecule has 2 rings (SSSR count). The molecule has 2 heterocycles. The van der Waals surface area contributed by atoms with E-state index in [0.717, 1.165) is 58.2 Å². The van der Waals surface area contributed by atoms with Crippen LogP contribution in [0.3, 0.4) is 0 Å². The molecule has 0 saturated carbocycles. The summed E-state index contributed by atoms with van der Waals surface area (Å²) in [5.41, 5.74) is 0. The van der Waals surface area contributed by atoms with Crippen molar-refractivity contribution >= 4 is 0 Å². The van der Waals surface area contributed by atoms with Crippen LogP contribution in [0.5, 0.6) is 0 Å². The van der Waals surface area contributed by atoms with Crippen molar-refractivity contribution in [1.82, 2.24) is 24.7 Å². The second-order valence-electron chi connectivity index (χ2n) is 4.91. The molecule has 0 aliphatic carbocycles. The van der Waals surface area contributed by atoms with Crippen LogP contribution in [0.25, 0.3) is 0 Å². The van der Waals surface area contributed by atoms with Crippen LogP contribution in [0.15, 0.2) is 12.4 Å².